The molecule has 218 valence electrons. The van der Waals surface area contributed by atoms with Gasteiger partial charge in [-0.05, 0) is 109 Å². The van der Waals surface area contributed by atoms with E-state index in [9.17, 15) is 14.7 Å². The SMILES string of the molecule is CCCC[C@H](OCc1ccc(C(=O)N[C@@H](CCSC)C(=O)O)c(-c2ccccc2C)c1)c1ccc2c(c1)CCCC2. The van der Waals surface area contributed by atoms with E-state index in [1.54, 1.807) is 11.8 Å². The van der Waals surface area contributed by atoms with E-state index in [2.05, 4.69) is 30.4 Å². The van der Waals surface area contributed by atoms with Crippen LogP contribution in [0.3, 0.4) is 0 Å². The molecule has 0 heterocycles. The van der Waals surface area contributed by atoms with E-state index in [-0.39, 0.29) is 12.0 Å². The number of carbonyl (C=O) groups is 2. The highest BCUT2D eigenvalue weighted by molar-refractivity contribution is 7.98. The van der Waals surface area contributed by atoms with Crippen molar-refractivity contribution in [2.45, 2.75) is 84.0 Å². The zero-order chi connectivity index (χ0) is 29.2. The third-order valence-corrected chi connectivity index (χ3v) is 8.64. The molecule has 1 aliphatic rings. The standard InChI is InChI=1S/C35H43NO4S/c1-4-5-14-33(28-17-16-26-11-7-8-12-27(26)22-28)40-23-25-15-18-30(31(21-25)29-13-9-6-10-24(29)2)34(37)36-32(35(38)39)19-20-41-3/h6,9-10,13,15-18,21-22,32-33H,4-5,7-8,11-12,14,19-20,23H2,1-3H3,(H,36,37)(H,38,39)/t32-,33-/m0/s1. The van der Waals surface area contributed by atoms with E-state index in [1.807, 2.05) is 55.6 Å². The Morgan fingerprint density at radius 3 is 2.49 bits per heavy atom. The van der Waals surface area contributed by atoms with Crippen molar-refractivity contribution in [1.29, 1.82) is 0 Å². The quantitative estimate of drug-likeness (QED) is 0.205. The second kappa shape index (κ2) is 15.2. The fourth-order valence-electron chi connectivity index (χ4n) is 5.59. The summed E-state index contributed by atoms with van der Waals surface area (Å²) in [7, 11) is 0. The Morgan fingerprint density at radius 1 is 0.976 bits per heavy atom. The molecule has 3 aromatic carbocycles. The first-order valence-corrected chi connectivity index (χ1v) is 16.3. The number of unbranched alkanes of at least 4 members (excludes halogenated alkanes) is 1. The van der Waals surface area contributed by atoms with Crippen LogP contribution in [0.15, 0.2) is 60.7 Å². The Labute approximate surface area is 249 Å². The lowest BCUT2D eigenvalue weighted by atomic mass is 9.89. The lowest BCUT2D eigenvalue weighted by molar-refractivity contribution is -0.139. The molecular weight excluding hydrogens is 530 g/mol. The van der Waals surface area contributed by atoms with Crippen molar-refractivity contribution < 1.29 is 19.4 Å². The molecule has 6 heteroatoms. The van der Waals surface area contributed by atoms with Gasteiger partial charge in [-0.1, -0.05) is 68.3 Å². The number of aryl methyl sites for hydroxylation is 3. The molecule has 1 amide bonds. The number of carboxylic acid groups (broad SMARTS) is 1. The van der Waals surface area contributed by atoms with Crippen molar-refractivity contribution in [1.82, 2.24) is 5.32 Å². The number of fused-ring (bicyclic) bond motifs is 1. The molecule has 0 saturated heterocycles. The van der Waals surface area contributed by atoms with Crippen molar-refractivity contribution in [3.8, 4) is 11.1 Å². The Morgan fingerprint density at radius 2 is 1.76 bits per heavy atom. The number of carboxylic acids is 1. The van der Waals surface area contributed by atoms with Crippen LogP contribution in [0.5, 0.6) is 0 Å². The summed E-state index contributed by atoms with van der Waals surface area (Å²) < 4.78 is 6.59. The Hall–Kier alpha value is -3.09. The van der Waals surface area contributed by atoms with E-state index in [4.69, 9.17) is 4.74 Å². The van der Waals surface area contributed by atoms with Crippen LogP contribution in [-0.4, -0.2) is 35.0 Å². The van der Waals surface area contributed by atoms with Gasteiger partial charge in [-0.3, -0.25) is 4.79 Å². The summed E-state index contributed by atoms with van der Waals surface area (Å²) >= 11 is 1.56. The Kier molecular flexibility index (Phi) is 11.5. The number of aliphatic carboxylic acids is 1. The summed E-state index contributed by atoms with van der Waals surface area (Å²) in [6.45, 7) is 4.66. The van der Waals surface area contributed by atoms with Gasteiger partial charge in [-0.2, -0.15) is 11.8 Å². The molecule has 5 nitrogen and oxygen atoms in total. The summed E-state index contributed by atoms with van der Waals surface area (Å²) in [4.78, 5) is 25.2. The Bertz CT molecular complexity index is 1340. The third-order valence-electron chi connectivity index (χ3n) is 7.99. The fraction of sp³-hybridized carbons (Fsp3) is 0.429. The second-order valence-electron chi connectivity index (χ2n) is 11.0. The first kappa shape index (κ1) is 30.9. The van der Waals surface area contributed by atoms with Crippen LogP contribution in [0.2, 0.25) is 0 Å². The number of benzene rings is 3. The number of hydrogen-bond acceptors (Lipinski definition) is 4. The highest BCUT2D eigenvalue weighted by Gasteiger charge is 2.23. The lowest BCUT2D eigenvalue weighted by Gasteiger charge is -2.23. The maximum atomic E-state index is 13.4. The van der Waals surface area contributed by atoms with Gasteiger partial charge in [0.05, 0.1) is 12.7 Å². The van der Waals surface area contributed by atoms with Gasteiger partial charge >= 0.3 is 5.97 Å². The number of nitrogens with one attached hydrogen (secondary N) is 1. The van der Waals surface area contributed by atoms with E-state index in [0.29, 0.717) is 24.3 Å². The zero-order valence-electron chi connectivity index (χ0n) is 24.6. The number of hydrogen-bond donors (Lipinski definition) is 2. The van der Waals surface area contributed by atoms with Crippen LogP contribution >= 0.6 is 11.8 Å². The number of ether oxygens (including phenoxy) is 1. The molecule has 0 radical (unpaired) electrons. The number of thioether (sulfide) groups is 1. The largest absolute Gasteiger partial charge is 0.480 e. The predicted molar refractivity (Wildman–Crippen MR) is 169 cm³/mol. The van der Waals surface area contributed by atoms with E-state index in [1.165, 1.54) is 36.0 Å². The molecule has 2 N–H and O–H groups in total. The number of rotatable bonds is 14. The average Bonchev–Trinajstić information content (AvgIpc) is 2.99. The Balaban J connectivity index is 1.60. The molecule has 0 unspecified atom stereocenters. The molecule has 0 saturated carbocycles. The summed E-state index contributed by atoms with van der Waals surface area (Å²) in [6.07, 6.45) is 10.3. The maximum Gasteiger partial charge on any atom is 0.326 e. The maximum absolute atomic E-state index is 13.4. The van der Waals surface area contributed by atoms with Gasteiger partial charge in [0.15, 0.2) is 0 Å². The van der Waals surface area contributed by atoms with Gasteiger partial charge in [0.1, 0.15) is 6.04 Å². The van der Waals surface area contributed by atoms with Gasteiger partial charge in [0, 0.05) is 5.56 Å². The van der Waals surface area contributed by atoms with Crippen LogP contribution in [0.1, 0.15) is 89.7 Å². The minimum Gasteiger partial charge on any atom is -0.480 e. The van der Waals surface area contributed by atoms with Crippen molar-refractivity contribution >= 4 is 23.6 Å². The van der Waals surface area contributed by atoms with E-state index in [0.717, 1.165) is 47.9 Å². The monoisotopic (exact) mass is 573 g/mol. The van der Waals surface area contributed by atoms with Gasteiger partial charge in [0.2, 0.25) is 0 Å². The molecule has 3 aromatic rings. The van der Waals surface area contributed by atoms with Crippen LogP contribution in [0.25, 0.3) is 11.1 Å². The first-order valence-electron chi connectivity index (χ1n) is 14.9. The van der Waals surface area contributed by atoms with E-state index >= 15 is 0 Å². The smallest absolute Gasteiger partial charge is 0.326 e. The highest BCUT2D eigenvalue weighted by atomic mass is 32.2. The molecule has 0 spiro atoms. The van der Waals surface area contributed by atoms with Crippen LogP contribution in [-0.2, 0) is 29.0 Å². The second-order valence-corrected chi connectivity index (χ2v) is 12.0. The molecule has 2 atom stereocenters. The van der Waals surface area contributed by atoms with Gasteiger partial charge in [0.25, 0.3) is 5.91 Å². The zero-order valence-corrected chi connectivity index (χ0v) is 25.4. The van der Waals surface area contributed by atoms with Crippen LogP contribution in [0, 0.1) is 6.92 Å². The highest BCUT2D eigenvalue weighted by Crippen LogP contribution is 2.32. The summed E-state index contributed by atoms with van der Waals surface area (Å²) in [5.74, 6) is -0.740. The van der Waals surface area contributed by atoms with Crippen molar-refractivity contribution in [3.05, 3.63) is 94.0 Å². The lowest BCUT2D eigenvalue weighted by Crippen LogP contribution is -2.41. The van der Waals surface area contributed by atoms with Crippen molar-refractivity contribution in [3.63, 3.8) is 0 Å². The molecular formula is C35H43NO4S. The molecule has 0 fully saturated rings. The minimum atomic E-state index is -1.02. The summed E-state index contributed by atoms with van der Waals surface area (Å²) in [5.41, 5.74) is 8.43. The number of amides is 1. The minimum absolute atomic E-state index is 0.0137. The normalized spacial score (nSPS) is 14.2. The third kappa shape index (κ3) is 8.23. The average molecular weight is 574 g/mol. The molecule has 0 aromatic heterocycles. The molecule has 4 rings (SSSR count). The van der Waals surface area contributed by atoms with Gasteiger partial charge in [-0.15, -0.1) is 0 Å². The molecule has 41 heavy (non-hydrogen) atoms. The van der Waals surface area contributed by atoms with E-state index < -0.39 is 12.0 Å². The molecule has 0 aliphatic heterocycles. The van der Waals surface area contributed by atoms with Gasteiger partial charge in [-0.25, -0.2) is 4.79 Å². The van der Waals surface area contributed by atoms with Crippen molar-refractivity contribution in [2.75, 3.05) is 12.0 Å². The van der Waals surface area contributed by atoms with Crippen LogP contribution < -0.4 is 5.32 Å². The topological polar surface area (TPSA) is 75.6 Å². The summed E-state index contributed by atoms with van der Waals surface area (Å²) in [5, 5.41) is 12.4. The summed E-state index contributed by atoms with van der Waals surface area (Å²) in [6, 6.07) is 19.7. The van der Waals surface area contributed by atoms with Crippen molar-refractivity contribution in [2.24, 2.45) is 0 Å². The molecule has 0 bridgehead atoms. The fourth-order valence-corrected chi connectivity index (χ4v) is 6.06. The first-order chi connectivity index (χ1) is 19.9. The predicted octanol–water partition coefficient (Wildman–Crippen LogP) is 7.93. The number of carbonyl (C=O) groups excluding carboxylic acids is 1. The van der Waals surface area contributed by atoms with Gasteiger partial charge < -0.3 is 15.2 Å². The van der Waals surface area contributed by atoms with Crippen LogP contribution in [0.4, 0.5) is 0 Å². The molecule has 1 aliphatic carbocycles.